The minimum atomic E-state index is -0.829. The molecule has 0 amide bonds. The smallest absolute Gasteiger partial charge is 0.310 e. The summed E-state index contributed by atoms with van der Waals surface area (Å²) in [4.78, 5) is 22.6. The molecule has 0 radical (unpaired) electrons. The van der Waals surface area contributed by atoms with Crippen LogP contribution in [-0.4, -0.2) is 28.4 Å². The van der Waals surface area contributed by atoms with E-state index in [2.05, 4.69) is 0 Å². The van der Waals surface area contributed by atoms with Gasteiger partial charge in [-0.3, -0.25) is 9.59 Å². The molecule has 1 fully saturated rings. The van der Waals surface area contributed by atoms with Crippen LogP contribution in [0.5, 0.6) is 0 Å². The summed E-state index contributed by atoms with van der Waals surface area (Å²) in [7, 11) is 0. The van der Waals surface area contributed by atoms with E-state index in [1.807, 2.05) is 30.3 Å². The normalized spacial score (nSPS) is 19.4. The Bertz CT molecular complexity index is 517. The maximum absolute atomic E-state index is 11.7. The molecular formula is C15H16O3S. The second-order valence-corrected chi connectivity index (χ2v) is 5.73. The van der Waals surface area contributed by atoms with Crippen molar-refractivity contribution in [2.24, 2.45) is 0 Å². The molecule has 0 saturated carbocycles. The summed E-state index contributed by atoms with van der Waals surface area (Å²) in [6.07, 6.45) is 2.52. The molecule has 0 spiro atoms. The lowest BCUT2D eigenvalue weighted by atomic mass is 9.99. The topological polar surface area (TPSA) is 54.4 Å². The lowest BCUT2D eigenvalue weighted by Crippen LogP contribution is -2.12. The van der Waals surface area contributed by atoms with Gasteiger partial charge in [0.1, 0.15) is 0 Å². The maximum Gasteiger partial charge on any atom is 0.310 e. The first-order valence-electron chi connectivity index (χ1n) is 6.22. The first kappa shape index (κ1) is 13.9. The van der Waals surface area contributed by atoms with Gasteiger partial charge in [0.2, 0.25) is 0 Å². The van der Waals surface area contributed by atoms with Crippen molar-refractivity contribution < 1.29 is 14.7 Å². The summed E-state index contributed by atoms with van der Waals surface area (Å²) < 4.78 is 0. The molecule has 1 heterocycles. The highest BCUT2D eigenvalue weighted by atomic mass is 32.2. The van der Waals surface area contributed by atoms with Gasteiger partial charge in [-0.15, -0.1) is 0 Å². The maximum atomic E-state index is 11.7. The van der Waals surface area contributed by atoms with Crippen molar-refractivity contribution in [2.75, 3.05) is 11.5 Å². The molecule has 1 aliphatic rings. The number of carboxylic acids is 1. The molecule has 1 aromatic carbocycles. The second-order valence-electron chi connectivity index (χ2n) is 4.62. The summed E-state index contributed by atoms with van der Waals surface area (Å²) >= 11 is 1.77. The fourth-order valence-electron chi connectivity index (χ4n) is 1.93. The Morgan fingerprint density at radius 1 is 1.37 bits per heavy atom. The number of carboxylic acid groups (broad SMARTS) is 1. The van der Waals surface area contributed by atoms with Crippen molar-refractivity contribution in [3.63, 3.8) is 0 Å². The van der Waals surface area contributed by atoms with Gasteiger partial charge in [0.05, 0.1) is 5.92 Å². The van der Waals surface area contributed by atoms with E-state index in [1.165, 1.54) is 0 Å². The number of carbonyl (C=O) groups is 2. The number of ketones is 1. The average Bonchev–Trinajstić information content (AvgIpc) is 2.41. The highest BCUT2D eigenvalue weighted by Gasteiger charge is 2.15. The fourth-order valence-corrected chi connectivity index (χ4v) is 2.87. The molecule has 0 aromatic heterocycles. The standard InChI is InChI=1S/C15H16O3S/c1-10(15(17)18)12-4-2-11(3-5-12)8-13-9-19-7-6-14(13)16/h2-5,8,10H,6-7,9H2,1H3,(H,17,18)/b13-8-. The van der Waals surface area contributed by atoms with Gasteiger partial charge in [-0.2, -0.15) is 11.8 Å². The molecule has 1 N–H and O–H groups in total. The third-order valence-electron chi connectivity index (χ3n) is 3.24. The van der Waals surface area contributed by atoms with Crippen LogP contribution in [0.1, 0.15) is 30.4 Å². The highest BCUT2D eigenvalue weighted by molar-refractivity contribution is 7.99. The van der Waals surface area contributed by atoms with Gasteiger partial charge in [0.25, 0.3) is 0 Å². The van der Waals surface area contributed by atoms with E-state index in [4.69, 9.17) is 5.11 Å². The van der Waals surface area contributed by atoms with E-state index in [-0.39, 0.29) is 5.78 Å². The highest BCUT2D eigenvalue weighted by Crippen LogP contribution is 2.22. The first-order chi connectivity index (χ1) is 9.08. The molecule has 0 bridgehead atoms. The van der Waals surface area contributed by atoms with Crippen molar-refractivity contribution in [3.8, 4) is 0 Å². The Balaban J connectivity index is 2.16. The summed E-state index contributed by atoms with van der Waals surface area (Å²) in [6, 6.07) is 7.36. The summed E-state index contributed by atoms with van der Waals surface area (Å²) in [5.41, 5.74) is 2.58. The Hall–Kier alpha value is -1.55. The molecule has 2 rings (SSSR count). The third kappa shape index (κ3) is 3.47. The second kappa shape index (κ2) is 6.06. The van der Waals surface area contributed by atoms with Gasteiger partial charge in [-0.1, -0.05) is 24.3 Å². The number of hydrogen-bond acceptors (Lipinski definition) is 3. The zero-order valence-electron chi connectivity index (χ0n) is 10.8. The SMILES string of the molecule is CC(C(=O)O)c1ccc(/C=C2/CSCCC2=O)cc1. The van der Waals surface area contributed by atoms with E-state index >= 15 is 0 Å². The van der Waals surface area contributed by atoms with Crippen molar-refractivity contribution >= 4 is 29.6 Å². The predicted molar refractivity (Wildman–Crippen MR) is 77.4 cm³/mol. The number of Topliss-reactive ketones (excluding diaryl/α,β-unsaturated/α-hetero) is 1. The Labute approximate surface area is 116 Å². The molecule has 1 atom stereocenters. The summed E-state index contributed by atoms with van der Waals surface area (Å²) in [5, 5.41) is 8.94. The molecule has 1 saturated heterocycles. The Morgan fingerprint density at radius 2 is 2.05 bits per heavy atom. The fraction of sp³-hybridized carbons (Fsp3) is 0.333. The van der Waals surface area contributed by atoms with E-state index < -0.39 is 11.9 Å². The van der Waals surface area contributed by atoms with Gasteiger partial charge in [0.15, 0.2) is 5.78 Å². The molecule has 1 aromatic rings. The van der Waals surface area contributed by atoms with Crippen LogP contribution in [0.3, 0.4) is 0 Å². The number of thioether (sulfide) groups is 1. The molecule has 1 unspecified atom stereocenters. The Morgan fingerprint density at radius 3 is 2.63 bits per heavy atom. The van der Waals surface area contributed by atoms with E-state index in [9.17, 15) is 9.59 Å². The van der Waals surface area contributed by atoms with E-state index in [0.717, 1.165) is 28.2 Å². The van der Waals surface area contributed by atoms with Gasteiger partial charge < -0.3 is 5.11 Å². The summed E-state index contributed by atoms with van der Waals surface area (Å²) in [6.45, 7) is 1.66. The van der Waals surface area contributed by atoms with Gasteiger partial charge in [-0.25, -0.2) is 0 Å². The van der Waals surface area contributed by atoms with Gasteiger partial charge in [0, 0.05) is 23.5 Å². The zero-order valence-corrected chi connectivity index (χ0v) is 11.6. The van der Waals surface area contributed by atoms with Crippen LogP contribution in [0.4, 0.5) is 0 Å². The van der Waals surface area contributed by atoms with Crippen molar-refractivity contribution in [2.45, 2.75) is 19.3 Å². The van der Waals surface area contributed by atoms with Gasteiger partial charge >= 0.3 is 5.97 Å². The molecule has 1 aliphatic heterocycles. The average molecular weight is 276 g/mol. The van der Waals surface area contributed by atoms with Crippen LogP contribution >= 0.6 is 11.8 Å². The van der Waals surface area contributed by atoms with Gasteiger partial charge in [-0.05, 0) is 24.1 Å². The first-order valence-corrected chi connectivity index (χ1v) is 7.37. The monoisotopic (exact) mass is 276 g/mol. The minimum Gasteiger partial charge on any atom is -0.481 e. The molecule has 3 nitrogen and oxygen atoms in total. The third-order valence-corrected chi connectivity index (χ3v) is 4.24. The van der Waals surface area contributed by atoms with E-state index in [0.29, 0.717) is 6.42 Å². The lowest BCUT2D eigenvalue weighted by molar-refractivity contribution is -0.138. The van der Waals surface area contributed by atoms with Crippen LogP contribution in [0.2, 0.25) is 0 Å². The van der Waals surface area contributed by atoms with Crippen molar-refractivity contribution in [1.82, 2.24) is 0 Å². The van der Waals surface area contributed by atoms with Crippen LogP contribution in [0.25, 0.3) is 6.08 Å². The zero-order chi connectivity index (χ0) is 13.8. The number of hydrogen-bond donors (Lipinski definition) is 1. The van der Waals surface area contributed by atoms with Crippen LogP contribution < -0.4 is 0 Å². The molecular weight excluding hydrogens is 260 g/mol. The quantitative estimate of drug-likeness (QED) is 0.862. The lowest BCUT2D eigenvalue weighted by Gasteiger charge is -2.12. The van der Waals surface area contributed by atoms with Crippen LogP contribution in [0.15, 0.2) is 29.8 Å². The van der Waals surface area contributed by atoms with E-state index in [1.54, 1.807) is 18.7 Å². The minimum absolute atomic E-state index is 0.224. The number of carbonyl (C=O) groups excluding carboxylic acids is 1. The Kier molecular flexibility index (Phi) is 4.43. The predicted octanol–water partition coefficient (Wildman–Crippen LogP) is 2.96. The molecule has 19 heavy (non-hydrogen) atoms. The van der Waals surface area contributed by atoms with Crippen molar-refractivity contribution in [1.29, 1.82) is 0 Å². The number of aliphatic carboxylic acids is 1. The molecule has 100 valence electrons. The largest absolute Gasteiger partial charge is 0.481 e. The van der Waals surface area contributed by atoms with Crippen LogP contribution in [0, 0.1) is 0 Å². The van der Waals surface area contributed by atoms with Crippen molar-refractivity contribution in [3.05, 3.63) is 41.0 Å². The molecule has 4 heteroatoms. The summed E-state index contributed by atoms with van der Waals surface area (Å²) in [5.74, 6) is 0.567. The number of benzene rings is 1. The van der Waals surface area contributed by atoms with Crippen LogP contribution in [-0.2, 0) is 9.59 Å². The number of rotatable bonds is 3. The molecule has 0 aliphatic carbocycles.